The lowest BCUT2D eigenvalue weighted by Gasteiger charge is -2.67. The summed E-state index contributed by atoms with van der Waals surface area (Å²) in [6, 6.07) is 0. The zero-order valence-electron chi connectivity index (χ0n) is 21.8. The number of rotatable bonds is 2. The molecule has 4 aliphatic carbocycles. The second kappa shape index (κ2) is 8.18. The Labute approximate surface area is 211 Å². The molecule has 2 spiro atoms. The molecule has 2 saturated carbocycles. The average Bonchev–Trinajstić information content (AvgIpc) is 3.13. The Bertz CT molecular complexity index is 940. The van der Waals surface area contributed by atoms with Crippen molar-refractivity contribution in [3.63, 3.8) is 0 Å². The molecule has 0 N–H and O–H groups in total. The lowest BCUT2D eigenvalue weighted by atomic mass is 9.56. The van der Waals surface area contributed by atoms with Gasteiger partial charge in [0.25, 0.3) is 0 Å². The molecule has 6 aliphatic rings. The number of hydrogen-bond donors (Lipinski definition) is 0. The number of alkyl halides is 1. The van der Waals surface area contributed by atoms with Gasteiger partial charge in [0.2, 0.25) is 0 Å². The largest absolute Gasteiger partial charge is 0.353 e. The smallest absolute Gasteiger partial charge is 0.155 e. The number of carbonyl (C=O) groups is 1. The first-order valence-corrected chi connectivity index (χ1v) is 14.7. The summed E-state index contributed by atoms with van der Waals surface area (Å²) >= 11 is 6.24. The van der Waals surface area contributed by atoms with Crippen LogP contribution in [-0.4, -0.2) is 41.0 Å². The van der Waals surface area contributed by atoms with Crippen LogP contribution in [0.1, 0.15) is 91.9 Å². The van der Waals surface area contributed by atoms with Crippen LogP contribution in [0.5, 0.6) is 0 Å². The highest BCUT2D eigenvalue weighted by Crippen LogP contribution is 2.66. The maximum atomic E-state index is 12.1. The summed E-state index contributed by atoms with van der Waals surface area (Å²) in [4.78, 5) is 14.7. The summed E-state index contributed by atoms with van der Waals surface area (Å²) in [5.41, 5.74) is 5.06. The first-order chi connectivity index (χ1) is 16.2. The molecule has 6 rings (SSSR count). The normalized spacial score (nSPS) is 48.8. The van der Waals surface area contributed by atoms with Crippen molar-refractivity contribution in [2.45, 2.75) is 103 Å². The highest BCUT2D eigenvalue weighted by molar-refractivity contribution is 6.18. The highest BCUT2D eigenvalue weighted by atomic mass is 35.5. The zero-order valence-corrected chi connectivity index (χ0v) is 22.6. The number of fused-ring (bicyclic) bond motifs is 5. The number of ketones is 1. The molecule has 0 bridgehead atoms. The van der Waals surface area contributed by atoms with Crippen molar-refractivity contribution in [3.8, 4) is 0 Å². The molecule has 4 fully saturated rings. The molecule has 2 saturated heterocycles. The highest BCUT2D eigenvalue weighted by Gasteiger charge is 2.66. The molecular weight excluding hydrogens is 442 g/mol. The lowest BCUT2D eigenvalue weighted by molar-refractivity contribution is -0.388. The Balaban J connectivity index is 1.26. The molecule has 4 heteroatoms. The number of hydrogen-bond acceptors (Lipinski definition) is 3. The molecule has 0 aromatic rings. The molecule has 0 aromatic carbocycles. The van der Waals surface area contributed by atoms with E-state index in [1.807, 2.05) is 6.08 Å². The summed E-state index contributed by atoms with van der Waals surface area (Å²) in [6.45, 7) is 11.8. The fourth-order valence-corrected chi connectivity index (χ4v) is 9.95. The summed E-state index contributed by atoms with van der Waals surface area (Å²) < 4.78 is 7.18. The van der Waals surface area contributed by atoms with Gasteiger partial charge in [-0.05, 0) is 99.9 Å². The minimum Gasteiger partial charge on any atom is -0.353 e. The second-order valence-electron chi connectivity index (χ2n) is 13.2. The minimum absolute atomic E-state index is 0.0168. The van der Waals surface area contributed by atoms with Gasteiger partial charge >= 0.3 is 0 Å². The molecule has 3 nitrogen and oxygen atoms in total. The van der Waals surface area contributed by atoms with E-state index in [1.165, 1.54) is 37.7 Å². The fourth-order valence-electron chi connectivity index (χ4n) is 9.75. The Hall–Kier alpha value is -0.640. The van der Waals surface area contributed by atoms with E-state index >= 15 is 0 Å². The van der Waals surface area contributed by atoms with E-state index in [2.05, 4.69) is 32.6 Å². The summed E-state index contributed by atoms with van der Waals surface area (Å²) in [5.74, 6) is 4.60. The predicted octanol–water partition coefficient (Wildman–Crippen LogP) is 6.90. The van der Waals surface area contributed by atoms with E-state index in [0.29, 0.717) is 17.6 Å². The van der Waals surface area contributed by atoms with Crippen LogP contribution in [0, 0.1) is 35.0 Å². The van der Waals surface area contributed by atoms with Crippen LogP contribution in [0.2, 0.25) is 0 Å². The third-order valence-corrected chi connectivity index (χ3v) is 11.9. The monoisotopic (exact) mass is 485 g/mol. The molecule has 0 radical (unpaired) electrons. The Morgan fingerprint density at radius 3 is 2.74 bits per heavy atom. The maximum Gasteiger partial charge on any atom is 0.155 e. The van der Waals surface area contributed by atoms with Crippen LogP contribution in [0.15, 0.2) is 22.8 Å². The number of halogens is 1. The van der Waals surface area contributed by atoms with Crippen molar-refractivity contribution in [2.75, 3.05) is 19.0 Å². The van der Waals surface area contributed by atoms with Gasteiger partial charge in [0, 0.05) is 31.3 Å². The van der Waals surface area contributed by atoms with Crippen molar-refractivity contribution in [3.05, 3.63) is 22.8 Å². The van der Waals surface area contributed by atoms with Crippen LogP contribution in [0.25, 0.3) is 0 Å². The first-order valence-electron chi connectivity index (χ1n) is 14.2. The third kappa shape index (κ3) is 3.25. The Morgan fingerprint density at radius 1 is 1.15 bits per heavy atom. The van der Waals surface area contributed by atoms with Gasteiger partial charge in [0.1, 0.15) is 5.72 Å². The maximum absolute atomic E-state index is 12.1. The standard InChI is InChI=1S/C30H44ClNO2/c1-19-7-12-30(32(18-19)14-13-31)21(3)29(34-30)11-9-24-25-6-5-22-15-23(33)8-10-28(22,4)27(25)16-26(24)20(2)17-29/h15,19,21,24-25,27H,5-14,16-18H2,1-4H3/t19?,21-,24?,25?,27?,28?,29?,30?/m0/s1. The number of allylic oxidation sites excluding steroid dienone is 3. The van der Waals surface area contributed by atoms with Crippen LogP contribution >= 0.6 is 11.6 Å². The lowest BCUT2D eigenvalue weighted by Crippen LogP contribution is -2.76. The van der Waals surface area contributed by atoms with E-state index in [0.717, 1.165) is 68.9 Å². The van der Waals surface area contributed by atoms with Gasteiger partial charge in [0.05, 0.1) is 5.60 Å². The summed E-state index contributed by atoms with van der Waals surface area (Å²) in [5, 5.41) is 0. The number of likely N-dealkylation sites (tertiary alicyclic amines) is 1. The van der Waals surface area contributed by atoms with Gasteiger partial charge in [0.15, 0.2) is 5.78 Å². The Morgan fingerprint density at radius 2 is 1.97 bits per heavy atom. The number of carbonyl (C=O) groups excluding carboxylic acids is 1. The van der Waals surface area contributed by atoms with E-state index in [1.54, 1.807) is 11.1 Å². The molecule has 2 heterocycles. The van der Waals surface area contributed by atoms with Crippen LogP contribution in [0.3, 0.4) is 0 Å². The van der Waals surface area contributed by atoms with Gasteiger partial charge in [-0.3, -0.25) is 9.69 Å². The van der Waals surface area contributed by atoms with Crippen molar-refractivity contribution < 1.29 is 9.53 Å². The van der Waals surface area contributed by atoms with E-state index < -0.39 is 0 Å². The molecule has 34 heavy (non-hydrogen) atoms. The number of ether oxygens (including phenoxy) is 1. The number of piperidine rings is 1. The van der Waals surface area contributed by atoms with Crippen LogP contribution in [-0.2, 0) is 9.53 Å². The van der Waals surface area contributed by atoms with E-state index in [4.69, 9.17) is 16.3 Å². The van der Waals surface area contributed by atoms with Crippen LogP contribution in [0.4, 0.5) is 0 Å². The molecule has 0 amide bonds. The van der Waals surface area contributed by atoms with Gasteiger partial charge in [-0.2, -0.15) is 0 Å². The van der Waals surface area contributed by atoms with Crippen molar-refractivity contribution in [1.82, 2.24) is 4.90 Å². The molecule has 2 aliphatic heterocycles. The van der Waals surface area contributed by atoms with Gasteiger partial charge < -0.3 is 4.74 Å². The van der Waals surface area contributed by atoms with E-state index in [9.17, 15) is 4.79 Å². The van der Waals surface area contributed by atoms with Gasteiger partial charge in [-0.1, -0.05) is 37.5 Å². The number of nitrogens with zero attached hydrogens (tertiary/aromatic N) is 1. The molecule has 188 valence electrons. The fraction of sp³-hybridized carbons (Fsp3) is 0.833. The molecule has 8 atom stereocenters. The molecule has 7 unspecified atom stereocenters. The predicted molar refractivity (Wildman–Crippen MR) is 138 cm³/mol. The first kappa shape index (κ1) is 23.7. The van der Waals surface area contributed by atoms with Gasteiger partial charge in [-0.15, -0.1) is 11.6 Å². The van der Waals surface area contributed by atoms with Crippen molar-refractivity contribution >= 4 is 17.4 Å². The second-order valence-corrected chi connectivity index (χ2v) is 13.6. The SMILES string of the molecule is CC1=C2CC3C(CCC4=CC(=O)CCC43C)C2CCC2(C1)OC1(CCC(C)CN1CCCl)[C@H]2C. The van der Waals surface area contributed by atoms with Gasteiger partial charge in [-0.25, -0.2) is 0 Å². The molecular formula is C30H44ClNO2. The average molecular weight is 486 g/mol. The van der Waals surface area contributed by atoms with Crippen molar-refractivity contribution in [2.24, 2.45) is 35.0 Å². The minimum atomic E-state index is -0.0824. The topological polar surface area (TPSA) is 29.5 Å². The van der Waals surface area contributed by atoms with Crippen molar-refractivity contribution in [1.29, 1.82) is 0 Å². The summed E-state index contributed by atoms with van der Waals surface area (Å²) in [7, 11) is 0. The third-order valence-electron chi connectivity index (χ3n) is 11.7. The zero-order chi connectivity index (χ0) is 23.9. The molecule has 0 aromatic heterocycles. The quantitative estimate of drug-likeness (QED) is 0.314. The van der Waals surface area contributed by atoms with Crippen LogP contribution < -0.4 is 0 Å². The Kier molecular flexibility index (Phi) is 5.71. The van der Waals surface area contributed by atoms with E-state index in [-0.39, 0.29) is 16.7 Å². The summed E-state index contributed by atoms with van der Waals surface area (Å²) in [6.07, 6.45) is 13.5.